The Kier molecular flexibility index (Phi) is 6.32. The molecule has 0 aromatic heterocycles. The molecule has 140 valence electrons. The molecule has 1 amide bonds. The van der Waals surface area contributed by atoms with Gasteiger partial charge in [-0.2, -0.15) is 0 Å². The van der Waals surface area contributed by atoms with Crippen molar-refractivity contribution in [2.75, 3.05) is 26.4 Å². The number of carbonyl (C=O) groups is 1. The minimum absolute atomic E-state index is 0.0221. The number of carbonyl (C=O) groups excluding carboxylic acids is 1. The van der Waals surface area contributed by atoms with Crippen molar-refractivity contribution in [3.05, 3.63) is 0 Å². The molecule has 2 aliphatic rings. The molecule has 2 atom stereocenters. The first-order valence-electron chi connectivity index (χ1n) is 9.58. The van der Waals surface area contributed by atoms with Crippen molar-refractivity contribution in [1.29, 1.82) is 0 Å². The zero-order valence-corrected chi connectivity index (χ0v) is 16.0. The van der Waals surface area contributed by atoms with E-state index < -0.39 is 5.54 Å². The Morgan fingerprint density at radius 2 is 1.88 bits per heavy atom. The van der Waals surface area contributed by atoms with Gasteiger partial charge in [-0.25, -0.2) is 0 Å². The van der Waals surface area contributed by atoms with Crippen molar-refractivity contribution in [3.63, 3.8) is 0 Å². The fraction of sp³-hybridized carbons (Fsp3) is 0.947. The van der Waals surface area contributed by atoms with Gasteiger partial charge >= 0.3 is 0 Å². The van der Waals surface area contributed by atoms with Crippen molar-refractivity contribution in [2.45, 2.75) is 77.9 Å². The highest BCUT2D eigenvalue weighted by Crippen LogP contribution is 2.50. The predicted molar refractivity (Wildman–Crippen MR) is 95.8 cm³/mol. The van der Waals surface area contributed by atoms with Crippen molar-refractivity contribution >= 4 is 5.91 Å². The second-order valence-corrected chi connectivity index (χ2v) is 8.18. The number of nitrogens with one attached hydrogen (secondary N) is 1. The van der Waals surface area contributed by atoms with Crippen molar-refractivity contribution < 1.29 is 14.3 Å². The van der Waals surface area contributed by atoms with Crippen molar-refractivity contribution in [2.24, 2.45) is 16.6 Å². The highest BCUT2D eigenvalue weighted by Gasteiger charge is 2.62. The lowest BCUT2D eigenvalue weighted by Gasteiger charge is -2.57. The van der Waals surface area contributed by atoms with E-state index in [2.05, 4.69) is 5.32 Å². The van der Waals surface area contributed by atoms with E-state index in [1.807, 2.05) is 27.7 Å². The molecule has 0 saturated heterocycles. The molecule has 2 saturated carbocycles. The summed E-state index contributed by atoms with van der Waals surface area (Å²) in [7, 11) is 0. The van der Waals surface area contributed by atoms with Crippen LogP contribution in [-0.4, -0.2) is 43.9 Å². The molecule has 0 radical (unpaired) electrons. The molecule has 2 unspecified atom stereocenters. The highest BCUT2D eigenvalue weighted by molar-refractivity contribution is 5.88. The first-order chi connectivity index (χ1) is 11.3. The van der Waals surface area contributed by atoms with Crippen LogP contribution in [0.1, 0.15) is 66.2 Å². The summed E-state index contributed by atoms with van der Waals surface area (Å²) < 4.78 is 11.3. The minimum Gasteiger partial charge on any atom is -0.382 e. The smallest absolute Gasteiger partial charge is 0.240 e. The van der Waals surface area contributed by atoms with Crippen molar-refractivity contribution in [3.8, 4) is 0 Å². The lowest BCUT2D eigenvalue weighted by Crippen LogP contribution is -2.76. The number of hydrogen-bond donors (Lipinski definition) is 2. The molecule has 0 aliphatic heterocycles. The maximum Gasteiger partial charge on any atom is 0.240 e. The Labute approximate surface area is 147 Å². The molecule has 5 nitrogen and oxygen atoms in total. The summed E-state index contributed by atoms with van der Waals surface area (Å²) in [6, 6.07) is 0. The Morgan fingerprint density at radius 3 is 2.42 bits per heavy atom. The average molecular weight is 341 g/mol. The van der Waals surface area contributed by atoms with Crippen LogP contribution in [0.15, 0.2) is 0 Å². The minimum atomic E-state index is -0.827. The summed E-state index contributed by atoms with van der Waals surface area (Å²) in [6.07, 6.45) is 6.51. The fourth-order valence-corrected chi connectivity index (χ4v) is 4.32. The third-order valence-corrected chi connectivity index (χ3v) is 6.50. The Balaban J connectivity index is 1.91. The zero-order valence-electron chi connectivity index (χ0n) is 16.0. The predicted octanol–water partition coefficient (Wildman–Crippen LogP) is 2.62. The SMILES string of the molecule is CCOCCC1(CNC(=O)C2(N)CC(OCC)C2(C)C)CCCC1. The number of hydrogen-bond acceptors (Lipinski definition) is 4. The zero-order chi connectivity index (χ0) is 17.8. The standard InChI is InChI=1S/C19H36N2O3/c1-5-23-12-11-18(9-7-8-10-18)14-21-16(22)19(20)13-15(24-6-2)17(19,3)4/h15H,5-14,20H2,1-4H3,(H,21,22). The third kappa shape index (κ3) is 3.63. The molecule has 2 rings (SSSR count). The fourth-order valence-electron chi connectivity index (χ4n) is 4.32. The van der Waals surface area contributed by atoms with Crippen LogP contribution in [-0.2, 0) is 14.3 Å². The lowest BCUT2D eigenvalue weighted by molar-refractivity contribution is -0.171. The van der Waals surface area contributed by atoms with Crippen LogP contribution in [0, 0.1) is 10.8 Å². The molecule has 0 bridgehead atoms. The van der Waals surface area contributed by atoms with Crippen LogP contribution in [0.4, 0.5) is 0 Å². The molecule has 2 fully saturated rings. The van der Waals surface area contributed by atoms with Gasteiger partial charge in [0.15, 0.2) is 0 Å². The van der Waals surface area contributed by atoms with Crippen LogP contribution in [0.2, 0.25) is 0 Å². The van der Waals surface area contributed by atoms with Crippen LogP contribution in [0.3, 0.4) is 0 Å². The summed E-state index contributed by atoms with van der Waals surface area (Å²) in [4.78, 5) is 12.8. The first kappa shape index (κ1) is 19.7. The van der Waals surface area contributed by atoms with E-state index in [-0.39, 0.29) is 22.8 Å². The monoisotopic (exact) mass is 340 g/mol. The van der Waals surface area contributed by atoms with E-state index in [9.17, 15) is 4.79 Å². The summed E-state index contributed by atoms with van der Waals surface area (Å²) in [5.74, 6) is -0.0221. The number of nitrogens with two attached hydrogens (primary N) is 1. The van der Waals surface area contributed by atoms with E-state index in [0.29, 0.717) is 19.6 Å². The molecular weight excluding hydrogens is 304 g/mol. The molecule has 3 N–H and O–H groups in total. The van der Waals surface area contributed by atoms with E-state index >= 15 is 0 Å². The van der Waals surface area contributed by atoms with Crippen LogP contribution >= 0.6 is 0 Å². The summed E-state index contributed by atoms with van der Waals surface area (Å²) in [5, 5.41) is 3.18. The molecular formula is C19H36N2O3. The van der Waals surface area contributed by atoms with Crippen LogP contribution in [0.5, 0.6) is 0 Å². The molecule has 0 spiro atoms. The third-order valence-electron chi connectivity index (χ3n) is 6.50. The van der Waals surface area contributed by atoms with E-state index in [4.69, 9.17) is 15.2 Å². The normalized spacial score (nSPS) is 30.8. The Bertz CT molecular complexity index is 432. The Hall–Kier alpha value is -0.650. The van der Waals surface area contributed by atoms with Gasteiger partial charge in [-0.3, -0.25) is 4.79 Å². The van der Waals surface area contributed by atoms with Gasteiger partial charge in [0.25, 0.3) is 0 Å². The van der Waals surface area contributed by atoms with Crippen molar-refractivity contribution in [1.82, 2.24) is 5.32 Å². The molecule has 0 aromatic rings. The first-order valence-corrected chi connectivity index (χ1v) is 9.58. The second kappa shape index (κ2) is 7.71. The van der Waals surface area contributed by atoms with Gasteiger partial charge in [-0.15, -0.1) is 0 Å². The van der Waals surface area contributed by atoms with Gasteiger partial charge in [0.2, 0.25) is 5.91 Å². The van der Waals surface area contributed by atoms with Gasteiger partial charge in [0.1, 0.15) is 5.54 Å². The number of ether oxygens (including phenoxy) is 2. The molecule has 0 aromatic carbocycles. The largest absolute Gasteiger partial charge is 0.382 e. The van der Waals surface area contributed by atoms with E-state index in [0.717, 1.165) is 19.6 Å². The summed E-state index contributed by atoms with van der Waals surface area (Å²) in [6.45, 7) is 11.0. The molecule has 2 aliphatic carbocycles. The summed E-state index contributed by atoms with van der Waals surface area (Å²) >= 11 is 0. The van der Waals surface area contributed by atoms with Gasteiger partial charge in [-0.1, -0.05) is 26.7 Å². The maximum atomic E-state index is 12.8. The highest BCUT2D eigenvalue weighted by atomic mass is 16.5. The van der Waals surface area contributed by atoms with Gasteiger partial charge in [0, 0.05) is 38.2 Å². The van der Waals surface area contributed by atoms with Gasteiger partial charge in [0.05, 0.1) is 6.10 Å². The van der Waals surface area contributed by atoms with Gasteiger partial charge in [-0.05, 0) is 38.5 Å². The molecule has 24 heavy (non-hydrogen) atoms. The lowest BCUT2D eigenvalue weighted by atomic mass is 9.54. The van der Waals surface area contributed by atoms with E-state index in [1.165, 1.54) is 25.7 Å². The van der Waals surface area contributed by atoms with Crippen LogP contribution in [0.25, 0.3) is 0 Å². The Morgan fingerprint density at radius 1 is 1.21 bits per heavy atom. The number of rotatable bonds is 9. The molecule has 0 heterocycles. The summed E-state index contributed by atoms with van der Waals surface area (Å²) in [5.41, 5.74) is 5.51. The van der Waals surface area contributed by atoms with E-state index in [1.54, 1.807) is 0 Å². The average Bonchev–Trinajstić information content (AvgIpc) is 3.01. The topological polar surface area (TPSA) is 73.6 Å². The van der Waals surface area contributed by atoms with Crippen LogP contribution < -0.4 is 11.1 Å². The van der Waals surface area contributed by atoms with Gasteiger partial charge < -0.3 is 20.5 Å². The number of amides is 1. The quantitative estimate of drug-likeness (QED) is 0.633. The molecule has 5 heteroatoms. The maximum absolute atomic E-state index is 12.8. The second-order valence-electron chi connectivity index (χ2n) is 8.18.